The molecule has 1 aliphatic heterocycles. The summed E-state index contributed by atoms with van der Waals surface area (Å²) in [4.78, 5) is 17.8. The zero-order valence-corrected chi connectivity index (χ0v) is 14.1. The summed E-state index contributed by atoms with van der Waals surface area (Å²) in [5.74, 6) is 1.52. The van der Waals surface area contributed by atoms with Crippen LogP contribution in [0.15, 0.2) is 6.20 Å². The van der Waals surface area contributed by atoms with Gasteiger partial charge in [-0.05, 0) is 44.2 Å². The Morgan fingerprint density at radius 1 is 1.23 bits per heavy atom. The van der Waals surface area contributed by atoms with Crippen molar-refractivity contribution in [3.63, 3.8) is 0 Å². The van der Waals surface area contributed by atoms with Gasteiger partial charge in [0.1, 0.15) is 0 Å². The number of carbonyl (C=O) groups excluding carboxylic acids is 1. The maximum atomic E-state index is 12.1. The van der Waals surface area contributed by atoms with Gasteiger partial charge in [-0.3, -0.25) is 4.79 Å². The van der Waals surface area contributed by atoms with E-state index in [4.69, 9.17) is 0 Å². The van der Waals surface area contributed by atoms with Crippen LogP contribution in [-0.4, -0.2) is 24.0 Å². The second-order valence-corrected chi connectivity index (χ2v) is 7.75. The molecule has 1 saturated carbocycles. The number of amides is 1. The molecule has 0 radical (unpaired) electrons. The van der Waals surface area contributed by atoms with Crippen molar-refractivity contribution in [2.45, 2.75) is 63.7 Å². The summed E-state index contributed by atoms with van der Waals surface area (Å²) < 4.78 is 0. The molecule has 0 unspecified atom stereocenters. The smallest absolute Gasteiger partial charge is 0.226 e. The average Bonchev–Trinajstić information content (AvgIpc) is 3.03. The molecule has 4 nitrogen and oxygen atoms in total. The van der Waals surface area contributed by atoms with Crippen LogP contribution in [0.4, 0.5) is 5.13 Å². The van der Waals surface area contributed by atoms with Crippen LogP contribution in [0.25, 0.3) is 0 Å². The van der Waals surface area contributed by atoms with Crippen molar-refractivity contribution < 1.29 is 4.79 Å². The summed E-state index contributed by atoms with van der Waals surface area (Å²) in [6.45, 7) is 2.18. The fourth-order valence-electron chi connectivity index (χ4n) is 3.63. The van der Waals surface area contributed by atoms with E-state index in [9.17, 15) is 4.79 Å². The summed E-state index contributed by atoms with van der Waals surface area (Å²) in [5, 5.41) is 7.16. The van der Waals surface area contributed by atoms with E-state index in [0.717, 1.165) is 30.6 Å². The molecule has 1 amide bonds. The molecule has 2 aliphatic rings. The molecule has 0 bridgehead atoms. The number of hydrogen-bond donors (Lipinski definition) is 2. The van der Waals surface area contributed by atoms with Crippen LogP contribution in [0.5, 0.6) is 0 Å². The Bertz CT molecular complexity index is 476. The number of thiazole rings is 1. The SMILES string of the molecule is O=C(CCC1CCCCC1)Nc1ncc(C2CCNCC2)s1. The lowest BCUT2D eigenvalue weighted by Crippen LogP contribution is -2.26. The van der Waals surface area contributed by atoms with Gasteiger partial charge in [0, 0.05) is 17.5 Å². The van der Waals surface area contributed by atoms with Crippen LogP contribution in [0.2, 0.25) is 0 Å². The standard InChI is InChI=1S/C17H27N3OS/c21-16(7-6-13-4-2-1-3-5-13)20-17-19-12-15(22-17)14-8-10-18-11-9-14/h12-14,18H,1-11H2,(H,19,20,21). The zero-order chi connectivity index (χ0) is 15.2. The minimum atomic E-state index is 0.136. The largest absolute Gasteiger partial charge is 0.317 e. The van der Waals surface area contributed by atoms with Gasteiger partial charge in [0.2, 0.25) is 5.91 Å². The maximum Gasteiger partial charge on any atom is 0.226 e. The summed E-state index contributed by atoms with van der Waals surface area (Å²) in [6, 6.07) is 0. The van der Waals surface area contributed by atoms with Gasteiger partial charge in [-0.1, -0.05) is 32.1 Å². The lowest BCUT2D eigenvalue weighted by molar-refractivity contribution is -0.116. The third-order valence-corrected chi connectivity index (χ3v) is 6.09. The number of anilines is 1. The Kier molecular flexibility index (Phi) is 5.84. The van der Waals surface area contributed by atoms with E-state index < -0.39 is 0 Å². The third-order valence-electron chi connectivity index (χ3n) is 5.02. The first kappa shape index (κ1) is 15.9. The number of piperidine rings is 1. The predicted octanol–water partition coefficient (Wildman–Crippen LogP) is 3.91. The van der Waals surface area contributed by atoms with Gasteiger partial charge in [-0.2, -0.15) is 0 Å². The van der Waals surface area contributed by atoms with Gasteiger partial charge in [-0.15, -0.1) is 11.3 Å². The van der Waals surface area contributed by atoms with E-state index in [2.05, 4.69) is 15.6 Å². The quantitative estimate of drug-likeness (QED) is 0.864. The molecule has 3 rings (SSSR count). The fraction of sp³-hybridized carbons (Fsp3) is 0.765. The van der Waals surface area contributed by atoms with Gasteiger partial charge >= 0.3 is 0 Å². The van der Waals surface area contributed by atoms with Crippen LogP contribution in [-0.2, 0) is 4.79 Å². The van der Waals surface area contributed by atoms with Crippen molar-refractivity contribution >= 4 is 22.4 Å². The second kappa shape index (κ2) is 8.06. The van der Waals surface area contributed by atoms with E-state index in [1.807, 2.05) is 6.20 Å². The molecule has 0 aromatic carbocycles. The second-order valence-electron chi connectivity index (χ2n) is 6.68. The summed E-state index contributed by atoms with van der Waals surface area (Å²) in [5.41, 5.74) is 0. The molecule has 1 saturated heterocycles. The van der Waals surface area contributed by atoms with Crippen LogP contribution < -0.4 is 10.6 Å². The number of carbonyl (C=O) groups is 1. The van der Waals surface area contributed by atoms with E-state index in [-0.39, 0.29) is 5.91 Å². The minimum Gasteiger partial charge on any atom is -0.317 e. The monoisotopic (exact) mass is 321 g/mol. The zero-order valence-electron chi connectivity index (χ0n) is 13.3. The van der Waals surface area contributed by atoms with Crippen molar-refractivity contribution in [2.75, 3.05) is 18.4 Å². The highest BCUT2D eigenvalue weighted by Crippen LogP contribution is 2.32. The Morgan fingerprint density at radius 3 is 2.77 bits per heavy atom. The molecule has 5 heteroatoms. The number of aromatic nitrogens is 1. The highest BCUT2D eigenvalue weighted by molar-refractivity contribution is 7.15. The summed E-state index contributed by atoms with van der Waals surface area (Å²) in [6.07, 6.45) is 12.7. The predicted molar refractivity (Wildman–Crippen MR) is 91.4 cm³/mol. The number of nitrogens with zero attached hydrogens (tertiary/aromatic N) is 1. The Hall–Kier alpha value is -0.940. The van der Waals surface area contributed by atoms with Crippen LogP contribution in [0.3, 0.4) is 0 Å². The Labute approximate surface area is 137 Å². The van der Waals surface area contributed by atoms with Crippen molar-refractivity contribution in [1.82, 2.24) is 10.3 Å². The highest BCUT2D eigenvalue weighted by Gasteiger charge is 2.19. The van der Waals surface area contributed by atoms with Crippen molar-refractivity contribution in [3.05, 3.63) is 11.1 Å². The molecule has 1 aliphatic carbocycles. The van der Waals surface area contributed by atoms with Gasteiger partial charge in [0.05, 0.1) is 0 Å². The van der Waals surface area contributed by atoms with Crippen LogP contribution in [0, 0.1) is 5.92 Å². The molecule has 22 heavy (non-hydrogen) atoms. The van der Waals surface area contributed by atoms with E-state index in [1.54, 1.807) is 11.3 Å². The first-order valence-corrected chi connectivity index (χ1v) is 9.59. The molecular formula is C17H27N3OS. The summed E-state index contributed by atoms with van der Waals surface area (Å²) >= 11 is 1.66. The molecule has 122 valence electrons. The van der Waals surface area contributed by atoms with Crippen molar-refractivity contribution in [3.8, 4) is 0 Å². The van der Waals surface area contributed by atoms with Gasteiger partial charge in [0.15, 0.2) is 5.13 Å². The fourth-order valence-corrected chi connectivity index (χ4v) is 4.63. The topological polar surface area (TPSA) is 54.0 Å². The normalized spacial score (nSPS) is 20.9. The molecule has 1 aromatic rings. The first-order valence-electron chi connectivity index (χ1n) is 8.77. The number of rotatable bonds is 5. The van der Waals surface area contributed by atoms with E-state index >= 15 is 0 Å². The van der Waals surface area contributed by atoms with Gasteiger partial charge in [-0.25, -0.2) is 4.98 Å². The lowest BCUT2D eigenvalue weighted by atomic mass is 9.86. The van der Waals surface area contributed by atoms with Gasteiger partial charge in [0.25, 0.3) is 0 Å². The van der Waals surface area contributed by atoms with Crippen molar-refractivity contribution in [1.29, 1.82) is 0 Å². The molecule has 0 atom stereocenters. The maximum absolute atomic E-state index is 12.1. The number of hydrogen-bond acceptors (Lipinski definition) is 4. The number of nitrogens with one attached hydrogen (secondary N) is 2. The Morgan fingerprint density at radius 2 is 2.00 bits per heavy atom. The van der Waals surface area contributed by atoms with E-state index in [1.165, 1.54) is 49.8 Å². The Balaban J connectivity index is 1.43. The molecule has 1 aromatic heterocycles. The molecule has 2 N–H and O–H groups in total. The average molecular weight is 321 g/mol. The molecule has 2 heterocycles. The highest BCUT2D eigenvalue weighted by atomic mass is 32.1. The van der Waals surface area contributed by atoms with Crippen molar-refractivity contribution in [2.24, 2.45) is 5.92 Å². The molecule has 0 spiro atoms. The molecular weight excluding hydrogens is 294 g/mol. The van der Waals surface area contributed by atoms with E-state index in [0.29, 0.717) is 12.3 Å². The van der Waals surface area contributed by atoms with Crippen LogP contribution >= 0.6 is 11.3 Å². The summed E-state index contributed by atoms with van der Waals surface area (Å²) in [7, 11) is 0. The lowest BCUT2D eigenvalue weighted by Gasteiger charge is -2.21. The third kappa shape index (κ3) is 4.53. The minimum absolute atomic E-state index is 0.136. The first-order chi connectivity index (χ1) is 10.8. The molecule has 2 fully saturated rings. The van der Waals surface area contributed by atoms with Gasteiger partial charge < -0.3 is 10.6 Å². The van der Waals surface area contributed by atoms with Crippen LogP contribution in [0.1, 0.15) is 68.6 Å².